The van der Waals surface area contributed by atoms with Crippen molar-refractivity contribution >= 4 is 25.9 Å². The van der Waals surface area contributed by atoms with Crippen LogP contribution in [0.2, 0.25) is 18.1 Å². The molecule has 0 fully saturated rings. The zero-order valence-corrected chi connectivity index (χ0v) is 13.1. The molecule has 0 amide bonds. The van der Waals surface area contributed by atoms with Gasteiger partial charge in [-0.25, -0.2) is 4.98 Å². The molecule has 17 heavy (non-hydrogen) atoms. The molecule has 0 bridgehead atoms. The fourth-order valence-electron chi connectivity index (χ4n) is 1.05. The molecule has 0 saturated heterocycles. The number of carbonyl (C=O) groups excluding carboxylic acids is 1. The number of hydrogen-bond donors (Lipinski definition) is 0. The second-order valence-corrected chi connectivity index (χ2v) is 11.4. The van der Waals surface area contributed by atoms with Gasteiger partial charge in [-0.2, -0.15) is 0 Å². The summed E-state index contributed by atoms with van der Waals surface area (Å²) < 4.78 is 6.07. The van der Waals surface area contributed by atoms with Crippen LogP contribution >= 0.6 is 11.3 Å². The molecule has 0 N–H and O–H groups in total. The molecule has 1 aromatic rings. The van der Waals surface area contributed by atoms with Gasteiger partial charge in [0, 0.05) is 5.38 Å². The Morgan fingerprint density at radius 1 is 1.47 bits per heavy atom. The highest BCUT2D eigenvalue weighted by atomic mass is 32.1. The Balaban J connectivity index is 2.58. The Morgan fingerprint density at radius 3 is 2.65 bits per heavy atom. The van der Waals surface area contributed by atoms with Crippen molar-refractivity contribution in [1.29, 1.82) is 0 Å². The number of hydrogen-bond acceptors (Lipinski definition) is 4. The van der Waals surface area contributed by atoms with Crippen molar-refractivity contribution in [3.05, 3.63) is 16.1 Å². The first-order valence-electron chi connectivity index (χ1n) is 5.77. The standard InChI is InChI=1S/C12H21NO2SSi/c1-12(2,3)17(4,5)15-8-10-9-16-11(13-10)6-7-14/h7,9H,6,8H2,1-5H3. The smallest absolute Gasteiger partial charge is 0.192 e. The van der Waals surface area contributed by atoms with Crippen molar-refractivity contribution in [3.8, 4) is 0 Å². The van der Waals surface area contributed by atoms with Gasteiger partial charge in [0.1, 0.15) is 6.29 Å². The number of aromatic nitrogens is 1. The van der Waals surface area contributed by atoms with E-state index in [2.05, 4.69) is 38.8 Å². The molecule has 0 saturated carbocycles. The first-order valence-corrected chi connectivity index (χ1v) is 9.56. The summed E-state index contributed by atoms with van der Waals surface area (Å²) in [6.07, 6.45) is 1.29. The van der Waals surface area contributed by atoms with Gasteiger partial charge < -0.3 is 9.22 Å². The lowest BCUT2D eigenvalue weighted by Gasteiger charge is -2.35. The molecule has 0 spiro atoms. The largest absolute Gasteiger partial charge is 0.411 e. The highest BCUT2D eigenvalue weighted by Crippen LogP contribution is 2.37. The van der Waals surface area contributed by atoms with E-state index in [1.807, 2.05) is 5.38 Å². The predicted molar refractivity (Wildman–Crippen MR) is 73.9 cm³/mol. The van der Waals surface area contributed by atoms with Crippen LogP contribution in [0.25, 0.3) is 0 Å². The predicted octanol–water partition coefficient (Wildman–Crippen LogP) is 3.41. The maximum atomic E-state index is 10.4. The van der Waals surface area contributed by atoms with Crippen LogP contribution in [0.5, 0.6) is 0 Å². The summed E-state index contributed by atoms with van der Waals surface area (Å²) in [6.45, 7) is 11.7. The van der Waals surface area contributed by atoms with E-state index < -0.39 is 8.32 Å². The summed E-state index contributed by atoms with van der Waals surface area (Å²) in [5, 5.41) is 3.06. The van der Waals surface area contributed by atoms with Crippen LogP contribution in [-0.2, 0) is 22.2 Å². The van der Waals surface area contributed by atoms with Crippen molar-refractivity contribution in [2.75, 3.05) is 0 Å². The molecule has 3 nitrogen and oxygen atoms in total. The first-order chi connectivity index (χ1) is 7.76. The van der Waals surface area contributed by atoms with Crippen LogP contribution in [0.4, 0.5) is 0 Å². The molecule has 0 atom stereocenters. The third-order valence-electron chi connectivity index (χ3n) is 3.24. The average molecular weight is 271 g/mol. The summed E-state index contributed by atoms with van der Waals surface area (Å²) in [6, 6.07) is 0. The van der Waals surface area contributed by atoms with Crippen molar-refractivity contribution < 1.29 is 9.22 Å². The zero-order valence-electron chi connectivity index (χ0n) is 11.2. The molecule has 0 radical (unpaired) electrons. The molecule has 96 valence electrons. The maximum Gasteiger partial charge on any atom is 0.192 e. The van der Waals surface area contributed by atoms with Crippen LogP contribution in [-0.4, -0.2) is 19.6 Å². The third kappa shape index (κ3) is 4.01. The fraction of sp³-hybridized carbons (Fsp3) is 0.667. The van der Waals surface area contributed by atoms with Gasteiger partial charge in [0.05, 0.1) is 23.7 Å². The van der Waals surface area contributed by atoms with E-state index in [4.69, 9.17) is 4.43 Å². The molecule has 0 unspecified atom stereocenters. The Labute approximate surface area is 108 Å². The van der Waals surface area contributed by atoms with E-state index in [1.165, 1.54) is 11.3 Å². The maximum absolute atomic E-state index is 10.4. The number of carbonyl (C=O) groups is 1. The minimum Gasteiger partial charge on any atom is -0.411 e. The fourth-order valence-corrected chi connectivity index (χ4v) is 2.72. The van der Waals surface area contributed by atoms with Crippen LogP contribution < -0.4 is 0 Å². The van der Waals surface area contributed by atoms with Crippen molar-refractivity contribution in [1.82, 2.24) is 4.98 Å². The first kappa shape index (κ1) is 14.5. The van der Waals surface area contributed by atoms with Gasteiger partial charge in [-0.05, 0) is 18.1 Å². The quantitative estimate of drug-likeness (QED) is 0.608. The third-order valence-corrected chi connectivity index (χ3v) is 8.64. The number of nitrogens with zero attached hydrogens (tertiary/aromatic N) is 1. The van der Waals surface area contributed by atoms with Gasteiger partial charge in [-0.15, -0.1) is 11.3 Å². The topological polar surface area (TPSA) is 39.2 Å². The van der Waals surface area contributed by atoms with Crippen LogP contribution in [0, 0.1) is 0 Å². The Bertz CT molecular complexity index is 382. The minimum absolute atomic E-state index is 0.217. The van der Waals surface area contributed by atoms with Crippen LogP contribution in [0.1, 0.15) is 31.5 Å². The molecule has 0 aromatic carbocycles. The summed E-state index contributed by atoms with van der Waals surface area (Å²) in [5.41, 5.74) is 0.941. The SMILES string of the molecule is CC(C)(C)[Si](C)(C)OCc1csc(CC=O)n1. The highest BCUT2D eigenvalue weighted by molar-refractivity contribution is 7.09. The van der Waals surface area contributed by atoms with E-state index in [0.29, 0.717) is 13.0 Å². The molecular formula is C12H21NO2SSi. The van der Waals surface area contributed by atoms with E-state index in [-0.39, 0.29) is 5.04 Å². The number of thiazole rings is 1. The molecule has 1 rings (SSSR count). The summed E-state index contributed by atoms with van der Waals surface area (Å²) in [4.78, 5) is 14.7. The van der Waals surface area contributed by atoms with Gasteiger partial charge in [0.2, 0.25) is 0 Å². The van der Waals surface area contributed by atoms with Crippen molar-refractivity contribution in [3.63, 3.8) is 0 Å². The van der Waals surface area contributed by atoms with Gasteiger partial charge in [-0.3, -0.25) is 0 Å². The monoisotopic (exact) mass is 271 g/mol. The average Bonchev–Trinajstić information content (AvgIpc) is 2.62. The molecule has 0 aliphatic rings. The Hall–Kier alpha value is -0.523. The number of aldehydes is 1. The van der Waals surface area contributed by atoms with E-state index >= 15 is 0 Å². The van der Waals surface area contributed by atoms with Gasteiger partial charge >= 0.3 is 0 Å². The minimum atomic E-state index is -1.70. The van der Waals surface area contributed by atoms with Crippen LogP contribution in [0.3, 0.4) is 0 Å². The molecule has 0 aliphatic heterocycles. The number of rotatable bonds is 5. The van der Waals surface area contributed by atoms with E-state index in [1.54, 1.807) is 0 Å². The van der Waals surface area contributed by atoms with Crippen LogP contribution in [0.15, 0.2) is 5.38 Å². The lowest BCUT2D eigenvalue weighted by atomic mass is 10.2. The molecule has 0 aliphatic carbocycles. The summed E-state index contributed by atoms with van der Waals surface area (Å²) in [7, 11) is -1.70. The van der Waals surface area contributed by atoms with Crippen molar-refractivity contribution in [2.24, 2.45) is 0 Å². The Kier molecular flexibility index (Phi) is 4.63. The second kappa shape index (κ2) is 5.41. The second-order valence-electron chi connectivity index (χ2n) is 5.65. The lowest BCUT2D eigenvalue weighted by molar-refractivity contribution is -0.107. The molecule has 1 aromatic heterocycles. The highest BCUT2D eigenvalue weighted by Gasteiger charge is 2.37. The Morgan fingerprint density at radius 2 is 2.12 bits per heavy atom. The van der Waals surface area contributed by atoms with Gasteiger partial charge in [0.25, 0.3) is 0 Å². The summed E-state index contributed by atoms with van der Waals surface area (Å²) >= 11 is 1.53. The summed E-state index contributed by atoms with van der Waals surface area (Å²) in [5.74, 6) is 0. The van der Waals surface area contributed by atoms with Crippen molar-refractivity contribution in [2.45, 2.75) is 51.9 Å². The van der Waals surface area contributed by atoms with Gasteiger partial charge in [0.15, 0.2) is 8.32 Å². The molecular weight excluding hydrogens is 250 g/mol. The van der Waals surface area contributed by atoms with E-state index in [0.717, 1.165) is 17.0 Å². The normalized spacial score (nSPS) is 12.8. The molecule has 5 heteroatoms. The van der Waals surface area contributed by atoms with Gasteiger partial charge in [-0.1, -0.05) is 20.8 Å². The molecule has 1 heterocycles. The van der Waals surface area contributed by atoms with E-state index in [9.17, 15) is 4.79 Å². The zero-order chi connectivity index (χ0) is 13.1. The lowest BCUT2D eigenvalue weighted by Crippen LogP contribution is -2.40.